The lowest BCUT2D eigenvalue weighted by atomic mass is 10.0. The summed E-state index contributed by atoms with van der Waals surface area (Å²) in [6.45, 7) is 0.652. The van der Waals surface area contributed by atoms with Gasteiger partial charge in [-0.2, -0.15) is 14.4 Å². The van der Waals surface area contributed by atoms with E-state index in [0.29, 0.717) is 29.0 Å². The molecular weight excluding hydrogens is 380 g/mol. The number of imidazole rings is 1. The van der Waals surface area contributed by atoms with E-state index < -0.39 is 0 Å². The summed E-state index contributed by atoms with van der Waals surface area (Å²) in [5, 5.41) is 17.6. The molecule has 0 radical (unpaired) electrons. The second-order valence-corrected chi connectivity index (χ2v) is 7.47. The third kappa shape index (κ3) is 2.73. The minimum Gasteiger partial charge on any atom is -0.358 e. The number of thiazole rings is 1. The Labute approximate surface area is 163 Å². The van der Waals surface area contributed by atoms with Crippen molar-refractivity contribution in [3.05, 3.63) is 57.9 Å². The number of anilines is 1. The highest BCUT2D eigenvalue weighted by Gasteiger charge is 2.36. The number of piperidine rings is 1. The molecule has 1 saturated heterocycles. The Morgan fingerprint density at radius 1 is 1.21 bits per heavy atom. The van der Waals surface area contributed by atoms with Gasteiger partial charge in [-0.3, -0.25) is 0 Å². The molecule has 9 nitrogen and oxygen atoms in total. The van der Waals surface area contributed by atoms with Crippen LogP contribution in [0.4, 0.5) is 11.6 Å². The van der Waals surface area contributed by atoms with Crippen molar-refractivity contribution in [2.45, 2.75) is 25.3 Å². The van der Waals surface area contributed by atoms with Crippen LogP contribution in [0.3, 0.4) is 0 Å². The topological polar surface area (TPSA) is 103 Å². The number of hydrogen-bond donors (Lipinski definition) is 0. The third-order valence-electron chi connectivity index (χ3n) is 4.93. The highest BCUT2D eigenvalue weighted by atomic mass is 32.1. The molecule has 3 aromatic heterocycles. The normalized spacial score (nSPS) is 17.3. The molecule has 0 bridgehead atoms. The van der Waals surface area contributed by atoms with E-state index in [0.717, 1.165) is 24.8 Å². The molecule has 0 amide bonds. The summed E-state index contributed by atoms with van der Waals surface area (Å²) < 4.78 is 7.08. The first-order valence-electron chi connectivity index (χ1n) is 8.98. The molecule has 5 rings (SSSR count). The summed E-state index contributed by atoms with van der Waals surface area (Å²) in [6, 6.07) is 9.36. The van der Waals surface area contributed by atoms with Gasteiger partial charge in [0.25, 0.3) is 4.96 Å². The van der Waals surface area contributed by atoms with Gasteiger partial charge in [0.05, 0.1) is 0 Å². The molecule has 142 valence electrons. The van der Waals surface area contributed by atoms with Crippen molar-refractivity contribution in [2.24, 2.45) is 0 Å². The van der Waals surface area contributed by atoms with Gasteiger partial charge < -0.3 is 19.5 Å². The fourth-order valence-corrected chi connectivity index (χ4v) is 4.35. The van der Waals surface area contributed by atoms with Gasteiger partial charge in [0, 0.05) is 17.5 Å². The van der Waals surface area contributed by atoms with Crippen LogP contribution in [0.25, 0.3) is 16.3 Å². The second-order valence-electron chi connectivity index (χ2n) is 6.60. The van der Waals surface area contributed by atoms with Gasteiger partial charge >= 0.3 is 5.82 Å². The molecule has 0 saturated carbocycles. The van der Waals surface area contributed by atoms with Crippen LogP contribution in [0, 0.1) is 10.1 Å². The number of nitrogens with zero attached hydrogens (tertiary/aromatic N) is 6. The summed E-state index contributed by atoms with van der Waals surface area (Å²) in [5.41, 5.74) is 0.869. The molecule has 0 aliphatic carbocycles. The zero-order valence-corrected chi connectivity index (χ0v) is 15.6. The molecule has 1 aromatic carbocycles. The van der Waals surface area contributed by atoms with E-state index >= 15 is 0 Å². The molecule has 0 N–H and O–H groups in total. The van der Waals surface area contributed by atoms with E-state index in [1.165, 1.54) is 15.7 Å². The van der Waals surface area contributed by atoms with Crippen molar-refractivity contribution in [1.82, 2.24) is 19.5 Å². The highest BCUT2D eigenvalue weighted by molar-refractivity contribution is 7.15. The number of benzene rings is 1. The number of nitro groups is 1. The maximum atomic E-state index is 11.7. The van der Waals surface area contributed by atoms with Crippen LogP contribution < -0.4 is 4.90 Å². The number of aromatic nitrogens is 4. The van der Waals surface area contributed by atoms with Crippen molar-refractivity contribution in [3.8, 4) is 11.4 Å². The van der Waals surface area contributed by atoms with Crippen LogP contribution in [-0.4, -0.2) is 31.0 Å². The molecule has 1 unspecified atom stereocenters. The van der Waals surface area contributed by atoms with E-state index in [9.17, 15) is 10.1 Å². The molecular formula is C18H16N6O3S. The quantitative estimate of drug-likeness (QED) is 0.378. The zero-order valence-electron chi connectivity index (χ0n) is 14.8. The second kappa shape index (κ2) is 6.71. The lowest BCUT2D eigenvalue weighted by Gasteiger charge is -2.32. The Hall–Kier alpha value is -3.27. The average Bonchev–Trinajstić information content (AvgIpc) is 3.44. The van der Waals surface area contributed by atoms with Gasteiger partial charge in [-0.25, -0.2) is 0 Å². The smallest absolute Gasteiger partial charge is 0.358 e. The van der Waals surface area contributed by atoms with Gasteiger partial charge in [0.2, 0.25) is 17.5 Å². The number of rotatable bonds is 4. The van der Waals surface area contributed by atoms with E-state index in [1.807, 2.05) is 35.2 Å². The van der Waals surface area contributed by atoms with Crippen molar-refractivity contribution in [2.75, 3.05) is 11.4 Å². The first kappa shape index (κ1) is 16.9. The van der Waals surface area contributed by atoms with E-state index in [2.05, 4.69) is 15.1 Å². The van der Waals surface area contributed by atoms with Gasteiger partial charge in [0.1, 0.15) is 12.2 Å². The van der Waals surface area contributed by atoms with Crippen LogP contribution in [-0.2, 0) is 0 Å². The molecule has 0 spiro atoms. The fourth-order valence-electron chi connectivity index (χ4n) is 3.64. The van der Waals surface area contributed by atoms with Gasteiger partial charge in [0.15, 0.2) is 0 Å². The van der Waals surface area contributed by atoms with Crippen molar-refractivity contribution >= 4 is 27.9 Å². The van der Waals surface area contributed by atoms with Gasteiger partial charge in [-0.05, 0) is 24.2 Å². The summed E-state index contributed by atoms with van der Waals surface area (Å²) in [4.78, 5) is 23.0. The first-order chi connectivity index (χ1) is 13.7. The third-order valence-corrected chi connectivity index (χ3v) is 5.68. The Morgan fingerprint density at radius 3 is 2.89 bits per heavy atom. The SMILES string of the molecule is O=[N+]([O-])c1c(N2CCCCC2c2nc(-c3ccccc3)no2)nc2sccn12. The summed E-state index contributed by atoms with van der Waals surface area (Å²) in [5.74, 6) is 1.32. The Kier molecular flexibility index (Phi) is 4.05. The molecule has 10 heteroatoms. The predicted octanol–water partition coefficient (Wildman–Crippen LogP) is 4.09. The van der Waals surface area contributed by atoms with Crippen molar-refractivity contribution < 1.29 is 9.45 Å². The minimum atomic E-state index is -0.378. The van der Waals surface area contributed by atoms with Crippen LogP contribution >= 0.6 is 11.3 Å². The van der Waals surface area contributed by atoms with Crippen LogP contribution in [0.15, 0.2) is 46.4 Å². The summed E-state index contributed by atoms with van der Waals surface area (Å²) in [6.07, 6.45) is 4.37. The fraction of sp³-hybridized carbons (Fsp3) is 0.278. The molecule has 1 aliphatic rings. The molecule has 1 fully saturated rings. The number of hydrogen-bond acceptors (Lipinski definition) is 8. The van der Waals surface area contributed by atoms with Crippen LogP contribution in [0.2, 0.25) is 0 Å². The highest BCUT2D eigenvalue weighted by Crippen LogP contribution is 2.39. The van der Waals surface area contributed by atoms with Crippen molar-refractivity contribution in [3.63, 3.8) is 0 Å². The summed E-state index contributed by atoms with van der Waals surface area (Å²) >= 11 is 1.37. The average molecular weight is 396 g/mol. The molecule has 4 aromatic rings. The number of fused-ring (bicyclic) bond motifs is 1. The van der Waals surface area contributed by atoms with Crippen LogP contribution in [0.5, 0.6) is 0 Å². The monoisotopic (exact) mass is 396 g/mol. The van der Waals surface area contributed by atoms with Gasteiger partial charge in [-0.1, -0.05) is 46.8 Å². The lowest BCUT2D eigenvalue weighted by molar-refractivity contribution is -0.389. The predicted molar refractivity (Wildman–Crippen MR) is 103 cm³/mol. The maximum Gasteiger partial charge on any atom is 0.373 e. The Bertz CT molecular complexity index is 1130. The van der Waals surface area contributed by atoms with Gasteiger partial charge in [-0.15, -0.1) is 0 Å². The lowest BCUT2D eigenvalue weighted by Crippen LogP contribution is -2.34. The zero-order chi connectivity index (χ0) is 19.1. The molecule has 4 heterocycles. The Morgan fingerprint density at radius 2 is 2.07 bits per heavy atom. The van der Waals surface area contributed by atoms with E-state index in [-0.39, 0.29) is 16.8 Å². The molecule has 1 atom stereocenters. The Balaban J connectivity index is 1.55. The minimum absolute atomic E-state index is 0.0223. The van der Waals surface area contributed by atoms with Crippen LogP contribution in [0.1, 0.15) is 31.2 Å². The maximum absolute atomic E-state index is 11.7. The van der Waals surface area contributed by atoms with E-state index in [4.69, 9.17) is 4.52 Å². The first-order valence-corrected chi connectivity index (χ1v) is 9.86. The standard InChI is InChI=1S/C18H16N6O3S/c25-24(26)17-15(20-18-23(17)10-11-28-18)22-9-5-4-8-13(22)16-19-14(21-27-16)12-6-2-1-3-7-12/h1-3,6-7,10-11,13H,4-5,8-9H2. The summed E-state index contributed by atoms with van der Waals surface area (Å²) in [7, 11) is 0. The van der Waals surface area contributed by atoms with E-state index in [1.54, 1.807) is 11.6 Å². The molecule has 1 aliphatic heterocycles. The van der Waals surface area contributed by atoms with Crippen molar-refractivity contribution in [1.29, 1.82) is 0 Å². The molecule has 28 heavy (non-hydrogen) atoms. The largest absolute Gasteiger partial charge is 0.373 e.